The number of esters is 1. The maximum atomic E-state index is 11.6. The SMILES string of the molecule is CCOC(=O)Cc1ccc(Nc2nc(-c3cccnc3)nc3ccccc23)cc1.Cl. The number of rotatable bonds is 6. The lowest BCUT2D eigenvalue weighted by Gasteiger charge is -2.11. The Balaban J connectivity index is 0.00000256. The molecule has 0 saturated carbocycles. The average Bonchev–Trinajstić information content (AvgIpc) is 2.76. The molecule has 2 heterocycles. The first-order chi connectivity index (χ1) is 14.2. The number of aromatic nitrogens is 3. The maximum absolute atomic E-state index is 11.6. The minimum Gasteiger partial charge on any atom is -0.466 e. The van der Waals surface area contributed by atoms with E-state index in [0.29, 0.717) is 18.2 Å². The van der Waals surface area contributed by atoms with E-state index < -0.39 is 0 Å². The summed E-state index contributed by atoms with van der Waals surface area (Å²) < 4.78 is 5.00. The Kier molecular flexibility index (Phi) is 6.93. The lowest BCUT2D eigenvalue weighted by atomic mass is 10.1. The van der Waals surface area contributed by atoms with Gasteiger partial charge in [-0.3, -0.25) is 9.78 Å². The second-order valence-corrected chi connectivity index (χ2v) is 6.46. The number of halogens is 1. The highest BCUT2D eigenvalue weighted by atomic mass is 35.5. The van der Waals surface area contributed by atoms with Crippen LogP contribution in [0.1, 0.15) is 12.5 Å². The van der Waals surface area contributed by atoms with E-state index in [4.69, 9.17) is 9.72 Å². The molecule has 2 aromatic heterocycles. The molecular formula is C23H21ClN4O2. The maximum Gasteiger partial charge on any atom is 0.310 e. The molecule has 1 N–H and O–H groups in total. The summed E-state index contributed by atoms with van der Waals surface area (Å²) in [6.07, 6.45) is 3.73. The number of anilines is 2. The van der Waals surface area contributed by atoms with Crippen LogP contribution in [-0.4, -0.2) is 27.5 Å². The molecule has 7 heteroatoms. The lowest BCUT2D eigenvalue weighted by Crippen LogP contribution is -2.07. The molecule has 0 aliphatic rings. The van der Waals surface area contributed by atoms with Crippen molar-refractivity contribution in [3.05, 3.63) is 78.6 Å². The zero-order valence-electron chi connectivity index (χ0n) is 16.4. The van der Waals surface area contributed by atoms with Gasteiger partial charge in [0.1, 0.15) is 5.82 Å². The zero-order chi connectivity index (χ0) is 20.1. The first-order valence-electron chi connectivity index (χ1n) is 9.41. The van der Waals surface area contributed by atoms with Gasteiger partial charge in [-0.2, -0.15) is 0 Å². The van der Waals surface area contributed by atoms with Gasteiger partial charge in [-0.25, -0.2) is 9.97 Å². The van der Waals surface area contributed by atoms with Gasteiger partial charge >= 0.3 is 5.97 Å². The van der Waals surface area contributed by atoms with Crippen LogP contribution in [0.2, 0.25) is 0 Å². The molecule has 0 radical (unpaired) electrons. The van der Waals surface area contributed by atoms with E-state index in [1.165, 1.54) is 0 Å². The summed E-state index contributed by atoms with van der Waals surface area (Å²) in [6, 6.07) is 19.3. The van der Waals surface area contributed by atoms with Crippen molar-refractivity contribution in [2.45, 2.75) is 13.3 Å². The molecule has 0 atom stereocenters. The molecule has 6 nitrogen and oxygen atoms in total. The number of pyridine rings is 1. The molecular weight excluding hydrogens is 400 g/mol. The molecule has 0 bridgehead atoms. The minimum absolute atomic E-state index is 0. The number of fused-ring (bicyclic) bond motifs is 1. The van der Waals surface area contributed by atoms with Crippen LogP contribution in [0.5, 0.6) is 0 Å². The van der Waals surface area contributed by atoms with E-state index in [2.05, 4.69) is 15.3 Å². The molecule has 0 fully saturated rings. The van der Waals surface area contributed by atoms with Crippen LogP contribution in [0.25, 0.3) is 22.3 Å². The molecule has 0 aliphatic heterocycles. The van der Waals surface area contributed by atoms with E-state index in [9.17, 15) is 4.79 Å². The summed E-state index contributed by atoms with van der Waals surface area (Å²) in [5.74, 6) is 1.10. The highest BCUT2D eigenvalue weighted by Crippen LogP contribution is 2.27. The standard InChI is InChI=1S/C23H20N4O2.ClH/c1-2-29-21(28)14-16-9-11-18(12-10-16)25-23-19-7-3-4-8-20(19)26-22(27-23)17-6-5-13-24-15-17;/h3-13,15H,2,14H2,1H3,(H,25,26,27);1H. The summed E-state index contributed by atoms with van der Waals surface area (Å²) in [7, 11) is 0. The van der Waals surface area contributed by atoms with Gasteiger partial charge in [0.25, 0.3) is 0 Å². The van der Waals surface area contributed by atoms with Crippen molar-refractivity contribution >= 4 is 40.8 Å². The fourth-order valence-corrected chi connectivity index (χ4v) is 3.02. The molecule has 0 spiro atoms. The Morgan fingerprint density at radius 1 is 1.00 bits per heavy atom. The van der Waals surface area contributed by atoms with Crippen LogP contribution in [-0.2, 0) is 16.0 Å². The monoisotopic (exact) mass is 420 g/mol. The van der Waals surface area contributed by atoms with Crippen molar-refractivity contribution in [3.8, 4) is 11.4 Å². The largest absolute Gasteiger partial charge is 0.466 e. The topological polar surface area (TPSA) is 77.0 Å². The van der Waals surface area contributed by atoms with Crippen LogP contribution in [0.15, 0.2) is 73.1 Å². The average molecular weight is 421 g/mol. The van der Waals surface area contributed by atoms with Gasteiger partial charge in [-0.15, -0.1) is 12.4 Å². The predicted molar refractivity (Wildman–Crippen MR) is 120 cm³/mol. The highest BCUT2D eigenvalue weighted by Gasteiger charge is 2.10. The molecule has 0 unspecified atom stereocenters. The number of hydrogen-bond acceptors (Lipinski definition) is 6. The van der Waals surface area contributed by atoms with Crippen LogP contribution in [0.4, 0.5) is 11.5 Å². The van der Waals surface area contributed by atoms with Crippen LogP contribution < -0.4 is 5.32 Å². The quantitative estimate of drug-likeness (QED) is 0.444. The molecule has 30 heavy (non-hydrogen) atoms. The summed E-state index contributed by atoms with van der Waals surface area (Å²) >= 11 is 0. The highest BCUT2D eigenvalue weighted by molar-refractivity contribution is 5.92. The number of para-hydroxylation sites is 1. The van der Waals surface area contributed by atoms with Gasteiger partial charge in [0, 0.05) is 29.0 Å². The van der Waals surface area contributed by atoms with Gasteiger partial charge < -0.3 is 10.1 Å². The summed E-state index contributed by atoms with van der Waals surface area (Å²) in [4.78, 5) is 25.2. The number of benzene rings is 2. The fourth-order valence-electron chi connectivity index (χ4n) is 3.02. The van der Waals surface area contributed by atoms with Crippen LogP contribution in [0.3, 0.4) is 0 Å². The van der Waals surface area contributed by atoms with E-state index in [-0.39, 0.29) is 24.8 Å². The lowest BCUT2D eigenvalue weighted by molar-refractivity contribution is -0.142. The Morgan fingerprint density at radius 3 is 2.53 bits per heavy atom. The number of ether oxygens (including phenoxy) is 1. The Bertz CT molecular complexity index is 1130. The third-order valence-corrected chi connectivity index (χ3v) is 4.39. The van der Waals surface area contributed by atoms with Crippen molar-refractivity contribution in [2.75, 3.05) is 11.9 Å². The van der Waals surface area contributed by atoms with Crippen LogP contribution >= 0.6 is 12.4 Å². The van der Waals surface area contributed by atoms with Gasteiger partial charge in [-0.1, -0.05) is 24.3 Å². The molecule has 4 rings (SSSR count). The molecule has 0 amide bonds. The first kappa shape index (κ1) is 21.2. The number of hydrogen-bond donors (Lipinski definition) is 1. The molecule has 4 aromatic rings. The van der Waals surface area contributed by atoms with E-state index in [0.717, 1.165) is 27.7 Å². The van der Waals surface area contributed by atoms with Crippen molar-refractivity contribution < 1.29 is 9.53 Å². The summed E-state index contributed by atoms with van der Waals surface area (Å²) in [5.41, 5.74) is 3.48. The van der Waals surface area contributed by atoms with Gasteiger partial charge in [0.2, 0.25) is 0 Å². The second kappa shape index (κ2) is 9.80. The van der Waals surface area contributed by atoms with E-state index >= 15 is 0 Å². The number of nitrogens with zero attached hydrogens (tertiary/aromatic N) is 3. The molecule has 152 valence electrons. The van der Waals surface area contributed by atoms with Crippen molar-refractivity contribution in [3.63, 3.8) is 0 Å². The minimum atomic E-state index is -0.226. The molecule has 0 saturated heterocycles. The second-order valence-electron chi connectivity index (χ2n) is 6.46. The van der Waals surface area contributed by atoms with Crippen molar-refractivity contribution in [1.82, 2.24) is 15.0 Å². The number of nitrogens with one attached hydrogen (secondary N) is 1. The van der Waals surface area contributed by atoms with Crippen molar-refractivity contribution in [1.29, 1.82) is 0 Å². The smallest absolute Gasteiger partial charge is 0.310 e. The Hall–Kier alpha value is -3.51. The van der Waals surface area contributed by atoms with Crippen molar-refractivity contribution in [2.24, 2.45) is 0 Å². The Morgan fingerprint density at radius 2 is 1.80 bits per heavy atom. The first-order valence-corrected chi connectivity index (χ1v) is 9.41. The number of carbonyl (C=O) groups excluding carboxylic acids is 1. The van der Waals surface area contributed by atoms with E-state index in [1.807, 2.05) is 60.7 Å². The summed E-state index contributed by atoms with van der Waals surface area (Å²) in [5, 5.41) is 4.30. The fraction of sp³-hybridized carbons (Fsp3) is 0.130. The summed E-state index contributed by atoms with van der Waals surface area (Å²) in [6.45, 7) is 2.19. The third kappa shape index (κ3) is 4.90. The van der Waals surface area contributed by atoms with E-state index in [1.54, 1.807) is 19.3 Å². The third-order valence-electron chi connectivity index (χ3n) is 4.39. The zero-order valence-corrected chi connectivity index (χ0v) is 17.2. The number of carbonyl (C=O) groups is 1. The van der Waals surface area contributed by atoms with Gasteiger partial charge in [0.15, 0.2) is 5.82 Å². The normalized spacial score (nSPS) is 10.3. The Labute approximate surface area is 180 Å². The van der Waals surface area contributed by atoms with Gasteiger partial charge in [-0.05, 0) is 48.9 Å². The predicted octanol–water partition coefficient (Wildman–Crippen LogP) is 4.96. The molecule has 2 aromatic carbocycles. The van der Waals surface area contributed by atoms with Gasteiger partial charge in [0.05, 0.1) is 18.5 Å². The van der Waals surface area contributed by atoms with Crippen LogP contribution in [0, 0.1) is 0 Å². The molecule has 0 aliphatic carbocycles.